The summed E-state index contributed by atoms with van der Waals surface area (Å²) < 4.78 is 5.85. The number of hydrogen-bond acceptors (Lipinski definition) is 6. The van der Waals surface area contributed by atoms with Crippen LogP contribution in [0.2, 0.25) is 0 Å². The third-order valence-corrected chi connectivity index (χ3v) is 5.69. The summed E-state index contributed by atoms with van der Waals surface area (Å²) >= 11 is 1.67. The van der Waals surface area contributed by atoms with E-state index in [0.29, 0.717) is 24.5 Å². The number of ether oxygens (including phenoxy) is 1. The van der Waals surface area contributed by atoms with Crippen LogP contribution in [-0.2, 0) is 6.54 Å². The standard InChI is InChI=1S/C18H24N6OS/c19-17(23-7-9-24(10-8-23)18-21-6-11-26-18)22-13-14-4-5-20-16(12-14)25-15-2-1-3-15/h4-6,11-12,15H,1-3,7-10,13H2,(H2,19,22). The molecular formula is C18H24N6OS. The van der Waals surface area contributed by atoms with Gasteiger partial charge in [0.05, 0.1) is 6.54 Å². The summed E-state index contributed by atoms with van der Waals surface area (Å²) in [5.74, 6) is 1.29. The van der Waals surface area contributed by atoms with Crippen molar-refractivity contribution in [2.45, 2.75) is 31.9 Å². The Kier molecular flexibility index (Phi) is 5.19. The Hall–Kier alpha value is -2.35. The average molecular weight is 372 g/mol. The van der Waals surface area contributed by atoms with Gasteiger partial charge in [-0.2, -0.15) is 0 Å². The van der Waals surface area contributed by atoms with Crippen molar-refractivity contribution >= 4 is 22.4 Å². The fourth-order valence-electron chi connectivity index (χ4n) is 3.04. The lowest BCUT2D eigenvalue weighted by Crippen LogP contribution is -2.51. The smallest absolute Gasteiger partial charge is 0.213 e. The zero-order chi connectivity index (χ0) is 17.8. The van der Waals surface area contributed by atoms with Crippen molar-refractivity contribution in [2.24, 2.45) is 10.7 Å². The summed E-state index contributed by atoms with van der Waals surface area (Å²) in [6.45, 7) is 4.10. The second kappa shape index (κ2) is 7.90. The molecule has 7 nitrogen and oxygen atoms in total. The van der Waals surface area contributed by atoms with Crippen LogP contribution in [0, 0.1) is 0 Å². The number of nitrogens with zero attached hydrogens (tertiary/aromatic N) is 5. The molecule has 4 rings (SSSR count). The van der Waals surface area contributed by atoms with Gasteiger partial charge in [0.2, 0.25) is 5.88 Å². The number of aliphatic imine (C=N–C) groups is 1. The number of piperazine rings is 1. The van der Waals surface area contributed by atoms with E-state index in [1.165, 1.54) is 6.42 Å². The van der Waals surface area contributed by atoms with Crippen LogP contribution >= 0.6 is 11.3 Å². The van der Waals surface area contributed by atoms with Crippen LogP contribution in [0.5, 0.6) is 5.88 Å². The number of hydrogen-bond donors (Lipinski definition) is 1. The van der Waals surface area contributed by atoms with Crippen LogP contribution in [0.1, 0.15) is 24.8 Å². The molecule has 0 radical (unpaired) electrons. The number of pyridine rings is 1. The molecule has 26 heavy (non-hydrogen) atoms. The average Bonchev–Trinajstić information content (AvgIpc) is 3.18. The van der Waals surface area contributed by atoms with Gasteiger partial charge in [-0.25, -0.2) is 15.0 Å². The maximum Gasteiger partial charge on any atom is 0.213 e. The fourth-order valence-corrected chi connectivity index (χ4v) is 3.74. The Morgan fingerprint density at radius 3 is 2.77 bits per heavy atom. The number of guanidine groups is 1. The first kappa shape index (κ1) is 17.1. The van der Waals surface area contributed by atoms with Crippen molar-refractivity contribution in [3.8, 4) is 5.88 Å². The summed E-state index contributed by atoms with van der Waals surface area (Å²) in [5.41, 5.74) is 7.28. The van der Waals surface area contributed by atoms with Gasteiger partial charge in [0.25, 0.3) is 0 Å². The predicted octanol–water partition coefficient (Wildman–Crippen LogP) is 2.11. The number of anilines is 1. The van der Waals surface area contributed by atoms with Crippen molar-refractivity contribution in [2.75, 3.05) is 31.1 Å². The summed E-state index contributed by atoms with van der Waals surface area (Å²) in [7, 11) is 0. The molecule has 0 bridgehead atoms. The van der Waals surface area contributed by atoms with Crippen LogP contribution in [0.4, 0.5) is 5.13 Å². The van der Waals surface area contributed by atoms with Crippen LogP contribution in [0.3, 0.4) is 0 Å². The molecule has 0 spiro atoms. The van der Waals surface area contributed by atoms with Crippen molar-refractivity contribution in [3.63, 3.8) is 0 Å². The van der Waals surface area contributed by atoms with Crippen molar-refractivity contribution in [1.82, 2.24) is 14.9 Å². The molecule has 1 saturated heterocycles. The molecule has 2 N–H and O–H groups in total. The predicted molar refractivity (Wildman–Crippen MR) is 104 cm³/mol. The van der Waals surface area contributed by atoms with Crippen LogP contribution in [-0.4, -0.2) is 53.1 Å². The van der Waals surface area contributed by atoms with Crippen molar-refractivity contribution < 1.29 is 4.74 Å². The summed E-state index contributed by atoms with van der Waals surface area (Å²) in [6, 6.07) is 3.93. The summed E-state index contributed by atoms with van der Waals surface area (Å²) in [6.07, 6.45) is 7.47. The largest absolute Gasteiger partial charge is 0.474 e. The summed E-state index contributed by atoms with van der Waals surface area (Å²) in [5, 5.41) is 3.09. The zero-order valence-corrected chi connectivity index (χ0v) is 15.6. The van der Waals surface area contributed by atoms with Gasteiger partial charge in [-0.3, -0.25) is 0 Å². The zero-order valence-electron chi connectivity index (χ0n) is 14.8. The van der Waals surface area contributed by atoms with Gasteiger partial charge in [0.15, 0.2) is 11.1 Å². The highest BCUT2D eigenvalue weighted by Gasteiger charge is 2.20. The Bertz CT molecular complexity index is 738. The van der Waals surface area contributed by atoms with E-state index in [0.717, 1.165) is 49.7 Å². The van der Waals surface area contributed by atoms with Crippen LogP contribution in [0.25, 0.3) is 0 Å². The molecule has 2 aromatic heterocycles. The molecule has 1 aliphatic carbocycles. The van der Waals surface area contributed by atoms with E-state index in [-0.39, 0.29) is 0 Å². The van der Waals surface area contributed by atoms with E-state index in [1.54, 1.807) is 17.5 Å². The van der Waals surface area contributed by atoms with Gasteiger partial charge in [-0.1, -0.05) is 0 Å². The molecular weight excluding hydrogens is 348 g/mol. The molecule has 2 aliphatic rings. The molecule has 3 heterocycles. The van der Waals surface area contributed by atoms with Gasteiger partial charge in [-0.15, -0.1) is 11.3 Å². The van der Waals surface area contributed by atoms with E-state index in [4.69, 9.17) is 10.5 Å². The molecule has 0 aromatic carbocycles. The molecule has 1 aliphatic heterocycles. The molecule has 2 fully saturated rings. The lowest BCUT2D eigenvalue weighted by Gasteiger charge is -2.35. The maximum absolute atomic E-state index is 6.21. The van der Waals surface area contributed by atoms with E-state index in [2.05, 4.69) is 24.8 Å². The highest BCUT2D eigenvalue weighted by molar-refractivity contribution is 7.13. The molecule has 8 heteroatoms. The van der Waals surface area contributed by atoms with E-state index < -0.39 is 0 Å². The second-order valence-corrected chi connectivity index (χ2v) is 7.51. The Labute approximate surface area is 157 Å². The van der Waals surface area contributed by atoms with E-state index >= 15 is 0 Å². The second-order valence-electron chi connectivity index (χ2n) is 6.64. The third-order valence-electron chi connectivity index (χ3n) is 4.86. The van der Waals surface area contributed by atoms with E-state index in [9.17, 15) is 0 Å². The minimum Gasteiger partial charge on any atom is -0.474 e. The van der Waals surface area contributed by atoms with Gasteiger partial charge >= 0.3 is 0 Å². The molecule has 2 aromatic rings. The number of rotatable bonds is 5. The highest BCUT2D eigenvalue weighted by Crippen LogP contribution is 2.24. The first-order valence-corrected chi connectivity index (χ1v) is 9.97. The van der Waals surface area contributed by atoms with Crippen molar-refractivity contribution in [1.29, 1.82) is 0 Å². The topological polar surface area (TPSA) is 79.9 Å². The van der Waals surface area contributed by atoms with Gasteiger partial charge < -0.3 is 20.3 Å². The highest BCUT2D eigenvalue weighted by atomic mass is 32.1. The number of thiazole rings is 1. The van der Waals surface area contributed by atoms with Crippen LogP contribution in [0.15, 0.2) is 34.9 Å². The first-order valence-electron chi connectivity index (χ1n) is 9.09. The number of aromatic nitrogens is 2. The maximum atomic E-state index is 6.21. The Morgan fingerprint density at radius 2 is 2.08 bits per heavy atom. The lowest BCUT2D eigenvalue weighted by atomic mass is 9.96. The molecule has 0 amide bonds. The summed E-state index contributed by atoms with van der Waals surface area (Å²) in [4.78, 5) is 17.7. The van der Waals surface area contributed by atoms with Gasteiger partial charge in [-0.05, 0) is 30.9 Å². The third kappa shape index (κ3) is 4.07. The molecule has 0 atom stereocenters. The normalized spacial score (nSPS) is 18.7. The first-order chi connectivity index (χ1) is 12.8. The SMILES string of the molecule is NC(=NCc1ccnc(OC2CCC2)c1)N1CCN(c2nccs2)CC1. The van der Waals surface area contributed by atoms with Crippen molar-refractivity contribution in [3.05, 3.63) is 35.5 Å². The minimum atomic E-state index is 0.334. The Balaban J connectivity index is 1.30. The number of nitrogens with two attached hydrogens (primary N) is 1. The van der Waals surface area contributed by atoms with Gasteiger partial charge in [0.1, 0.15) is 6.10 Å². The molecule has 0 unspecified atom stereocenters. The van der Waals surface area contributed by atoms with E-state index in [1.807, 2.05) is 23.7 Å². The van der Waals surface area contributed by atoms with Gasteiger partial charge in [0, 0.05) is 50.0 Å². The molecule has 1 saturated carbocycles. The lowest BCUT2D eigenvalue weighted by molar-refractivity contribution is 0.114. The molecule has 138 valence electrons. The van der Waals surface area contributed by atoms with Crippen LogP contribution < -0.4 is 15.4 Å². The fraction of sp³-hybridized carbons (Fsp3) is 0.500. The monoisotopic (exact) mass is 372 g/mol. The quantitative estimate of drug-likeness (QED) is 0.640. The Morgan fingerprint density at radius 1 is 1.23 bits per heavy atom. The minimum absolute atomic E-state index is 0.334.